The van der Waals surface area contributed by atoms with Crippen LogP contribution in [0.3, 0.4) is 0 Å². The maximum atomic E-state index is 13.4. The number of hydrogen-bond acceptors (Lipinski definition) is 4. The molecule has 0 bridgehead atoms. The molecule has 1 aromatic carbocycles. The lowest BCUT2D eigenvalue weighted by Crippen LogP contribution is -2.43. The first kappa shape index (κ1) is 19.0. The Morgan fingerprint density at radius 1 is 0.929 bits per heavy atom. The van der Waals surface area contributed by atoms with Gasteiger partial charge in [-0.3, -0.25) is 14.5 Å². The second-order valence-electron chi connectivity index (χ2n) is 8.06. The normalized spacial score (nSPS) is 21.2. The molecule has 0 unspecified atom stereocenters. The topological polar surface area (TPSA) is 49.9 Å². The van der Waals surface area contributed by atoms with Gasteiger partial charge in [0.05, 0.1) is 12.2 Å². The van der Waals surface area contributed by atoms with Crippen molar-refractivity contribution < 1.29 is 14.3 Å². The summed E-state index contributed by atoms with van der Waals surface area (Å²) in [6.07, 6.45) is 8.36. The van der Waals surface area contributed by atoms with Crippen LogP contribution in [0.5, 0.6) is 5.75 Å². The molecule has 28 heavy (non-hydrogen) atoms. The van der Waals surface area contributed by atoms with Crippen LogP contribution in [0.15, 0.2) is 30.0 Å². The van der Waals surface area contributed by atoms with E-state index in [-0.39, 0.29) is 17.9 Å². The molecule has 2 heterocycles. The Balaban J connectivity index is 1.67. The lowest BCUT2D eigenvalue weighted by molar-refractivity contribution is -0.140. The van der Waals surface area contributed by atoms with Crippen LogP contribution in [0.4, 0.5) is 0 Å². The lowest BCUT2D eigenvalue weighted by Gasteiger charge is -2.30. The fourth-order valence-corrected chi connectivity index (χ4v) is 4.64. The zero-order valence-electron chi connectivity index (χ0n) is 16.8. The van der Waals surface area contributed by atoms with Crippen LogP contribution in [0.25, 0.3) is 5.57 Å². The Bertz CT molecular complexity index is 757. The van der Waals surface area contributed by atoms with E-state index in [1.54, 1.807) is 4.90 Å². The molecule has 0 spiro atoms. The molecule has 0 aromatic heterocycles. The summed E-state index contributed by atoms with van der Waals surface area (Å²) in [5.74, 6) is 0.607. The Kier molecular flexibility index (Phi) is 5.69. The molecule has 5 heteroatoms. The standard InChI is InChI=1S/C23H30N2O3/c1-2-16-28-19-12-10-17(11-13-19)20-21(24-14-6-7-15-24)23(27)25(22(20)26)18-8-4-3-5-9-18/h10-13,18H,2-9,14-16H2,1H3. The van der Waals surface area contributed by atoms with Crippen LogP contribution in [-0.2, 0) is 9.59 Å². The number of rotatable bonds is 6. The Labute approximate surface area is 167 Å². The highest BCUT2D eigenvalue weighted by Gasteiger charge is 2.45. The van der Waals surface area contributed by atoms with E-state index in [1.165, 1.54) is 6.42 Å². The molecule has 5 nitrogen and oxygen atoms in total. The molecule has 150 valence electrons. The van der Waals surface area contributed by atoms with Gasteiger partial charge >= 0.3 is 0 Å². The molecule has 1 saturated heterocycles. The van der Waals surface area contributed by atoms with Gasteiger partial charge in [-0.05, 0) is 49.8 Å². The number of imide groups is 1. The van der Waals surface area contributed by atoms with Crippen LogP contribution in [0.1, 0.15) is 63.9 Å². The molecule has 0 N–H and O–H groups in total. The van der Waals surface area contributed by atoms with E-state index >= 15 is 0 Å². The Morgan fingerprint density at radius 3 is 2.25 bits per heavy atom. The average molecular weight is 383 g/mol. The van der Waals surface area contributed by atoms with Gasteiger partial charge in [-0.1, -0.05) is 38.3 Å². The van der Waals surface area contributed by atoms with Crippen molar-refractivity contribution in [1.29, 1.82) is 0 Å². The van der Waals surface area contributed by atoms with Crippen molar-refractivity contribution in [2.24, 2.45) is 0 Å². The average Bonchev–Trinajstić information content (AvgIpc) is 3.33. The van der Waals surface area contributed by atoms with Crippen molar-refractivity contribution in [2.45, 2.75) is 64.3 Å². The van der Waals surface area contributed by atoms with Gasteiger partial charge in [-0.25, -0.2) is 0 Å². The third-order valence-electron chi connectivity index (χ3n) is 6.07. The minimum Gasteiger partial charge on any atom is -0.494 e. The van der Waals surface area contributed by atoms with E-state index in [1.807, 2.05) is 24.3 Å². The highest BCUT2D eigenvalue weighted by Crippen LogP contribution is 2.37. The van der Waals surface area contributed by atoms with Crippen LogP contribution < -0.4 is 4.74 Å². The number of carbonyl (C=O) groups is 2. The second-order valence-corrected chi connectivity index (χ2v) is 8.06. The number of carbonyl (C=O) groups excluding carboxylic acids is 2. The van der Waals surface area contributed by atoms with Gasteiger partial charge < -0.3 is 9.64 Å². The molecule has 3 aliphatic rings. The molecule has 1 saturated carbocycles. The fourth-order valence-electron chi connectivity index (χ4n) is 4.64. The van der Waals surface area contributed by atoms with Crippen LogP contribution >= 0.6 is 0 Å². The number of ether oxygens (including phenoxy) is 1. The number of benzene rings is 1. The minimum atomic E-state index is -0.110. The van der Waals surface area contributed by atoms with E-state index in [9.17, 15) is 9.59 Å². The smallest absolute Gasteiger partial charge is 0.278 e. The molecule has 0 radical (unpaired) electrons. The van der Waals surface area contributed by atoms with Gasteiger partial charge in [0.2, 0.25) is 0 Å². The summed E-state index contributed by atoms with van der Waals surface area (Å²) in [5.41, 5.74) is 2.03. The summed E-state index contributed by atoms with van der Waals surface area (Å²) in [6, 6.07) is 7.70. The zero-order chi connectivity index (χ0) is 19.5. The summed E-state index contributed by atoms with van der Waals surface area (Å²) in [4.78, 5) is 30.5. The SMILES string of the molecule is CCCOc1ccc(C2=C(N3CCCC3)C(=O)N(C3CCCCC3)C2=O)cc1. The quantitative estimate of drug-likeness (QED) is 0.698. The first-order valence-electron chi connectivity index (χ1n) is 10.8. The lowest BCUT2D eigenvalue weighted by atomic mass is 9.94. The number of hydrogen-bond donors (Lipinski definition) is 0. The molecule has 4 rings (SSSR count). The predicted molar refractivity (Wildman–Crippen MR) is 109 cm³/mol. The van der Waals surface area contributed by atoms with Crippen LogP contribution in [-0.4, -0.2) is 47.4 Å². The van der Waals surface area contributed by atoms with E-state index < -0.39 is 0 Å². The van der Waals surface area contributed by atoms with Crippen molar-refractivity contribution in [2.75, 3.05) is 19.7 Å². The van der Waals surface area contributed by atoms with Crippen molar-refractivity contribution in [3.8, 4) is 5.75 Å². The zero-order valence-corrected chi connectivity index (χ0v) is 16.8. The molecular formula is C23H30N2O3. The minimum absolute atomic E-state index is 0.0519. The van der Waals surface area contributed by atoms with Crippen LogP contribution in [0, 0.1) is 0 Å². The number of amides is 2. The number of nitrogens with zero attached hydrogens (tertiary/aromatic N) is 2. The summed E-state index contributed by atoms with van der Waals surface area (Å²) in [7, 11) is 0. The van der Waals surface area contributed by atoms with E-state index in [2.05, 4.69) is 11.8 Å². The first-order chi connectivity index (χ1) is 13.7. The fraction of sp³-hybridized carbons (Fsp3) is 0.565. The van der Waals surface area contributed by atoms with E-state index in [0.29, 0.717) is 17.9 Å². The monoisotopic (exact) mass is 382 g/mol. The second kappa shape index (κ2) is 8.38. The summed E-state index contributed by atoms with van der Waals surface area (Å²) in [5, 5.41) is 0. The maximum absolute atomic E-state index is 13.4. The summed E-state index contributed by atoms with van der Waals surface area (Å²) < 4.78 is 5.67. The molecule has 1 aromatic rings. The van der Waals surface area contributed by atoms with E-state index in [4.69, 9.17) is 4.74 Å². The van der Waals surface area contributed by atoms with Crippen molar-refractivity contribution >= 4 is 17.4 Å². The highest BCUT2D eigenvalue weighted by molar-refractivity contribution is 6.35. The van der Waals surface area contributed by atoms with Gasteiger partial charge in [0, 0.05) is 19.1 Å². The van der Waals surface area contributed by atoms with Crippen molar-refractivity contribution in [3.05, 3.63) is 35.5 Å². The predicted octanol–water partition coefficient (Wildman–Crippen LogP) is 3.98. The third kappa shape index (κ3) is 3.54. The Morgan fingerprint density at radius 2 is 1.61 bits per heavy atom. The summed E-state index contributed by atoms with van der Waals surface area (Å²) in [6.45, 7) is 4.46. The van der Waals surface area contributed by atoms with Gasteiger partial charge in [-0.2, -0.15) is 0 Å². The van der Waals surface area contributed by atoms with Crippen molar-refractivity contribution in [3.63, 3.8) is 0 Å². The largest absolute Gasteiger partial charge is 0.494 e. The van der Waals surface area contributed by atoms with Gasteiger partial charge in [0.1, 0.15) is 11.4 Å². The Hall–Kier alpha value is -2.30. The molecule has 2 amide bonds. The van der Waals surface area contributed by atoms with Gasteiger partial charge in [0.25, 0.3) is 11.8 Å². The highest BCUT2D eigenvalue weighted by atomic mass is 16.5. The number of likely N-dealkylation sites (tertiary alicyclic amines) is 1. The third-order valence-corrected chi connectivity index (χ3v) is 6.07. The molecule has 1 aliphatic carbocycles. The van der Waals surface area contributed by atoms with Gasteiger partial charge in [0.15, 0.2) is 0 Å². The molecular weight excluding hydrogens is 352 g/mol. The first-order valence-corrected chi connectivity index (χ1v) is 10.8. The summed E-state index contributed by atoms with van der Waals surface area (Å²) >= 11 is 0. The van der Waals surface area contributed by atoms with Crippen LogP contribution in [0.2, 0.25) is 0 Å². The van der Waals surface area contributed by atoms with Gasteiger partial charge in [-0.15, -0.1) is 0 Å². The maximum Gasteiger partial charge on any atom is 0.278 e. The molecule has 0 atom stereocenters. The molecule has 2 aliphatic heterocycles. The molecule has 2 fully saturated rings. The van der Waals surface area contributed by atoms with Crippen molar-refractivity contribution in [1.82, 2.24) is 9.80 Å². The van der Waals surface area contributed by atoms with E-state index in [0.717, 1.165) is 69.3 Å².